The molecule has 0 bridgehead atoms. The van der Waals surface area contributed by atoms with Crippen LogP contribution in [0.3, 0.4) is 0 Å². The second kappa shape index (κ2) is 6.68. The standard InChI is InChI=1S/C12H13ClO5S/c1-2-18-12(15)8-19(16,17)7-11(14)9-5-3-4-6-10(9)13/h3-6H,2,7-8H2,1H3. The largest absolute Gasteiger partial charge is 0.465 e. The van der Waals surface area contributed by atoms with Gasteiger partial charge in [0.15, 0.2) is 15.6 Å². The lowest BCUT2D eigenvalue weighted by atomic mass is 10.1. The van der Waals surface area contributed by atoms with E-state index in [4.69, 9.17) is 11.6 Å². The Labute approximate surface area is 116 Å². The molecular formula is C12H13ClO5S. The number of sulfone groups is 1. The predicted molar refractivity (Wildman–Crippen MR) is 71.1 cm³/mol. The number of Topliss-reactive ketones (excluding diaryl/α,β-unsaturated/α-hetero) is 1. The summed E-state index contributed by atoms with van der Waals surface area (Å²) in [5.41, 5.74) is 0.122. The number of ether oxygens (including phenoxy) is 1. The highest BCUT2D eigenvalue weighted by atomic mass is 35.5. The van der Waals surface area contributed by atoms with Crippen LogP contribution in [0.25, 0.3) is 0 Å². The average molecular weight is 305 g/mol. The van der Waals surface area contributed by atoms with Gasteiger partial charge in [0.1, 0.15) is 11.5 Å². The number of benzene rings is 1. The second-order valence-electron chi connectivity index (χ2n) is 3.74. The minimum atomic E-state index is -3.85. The molecule has 0 N–H and O–H groups in total. The first-order valence-electron chi connectivity index (χ1n) is 5.49. The van der Waals surface area contributed by atoms with Gasteiger partial charge in [-0.15, -0.1) is 0 Å². The Morgan fingerprint density at radius 1 is 1.21 bits per heavy atom. The molecule has 0 heterocycles. The van der Waals surface area contributed by atoms with Gasteiger partial charge in [0.25, 0.3) is 0 Å². The fraction of sp³-hybridized carbons (Fsp3) is 0.333. The third-order valence-corrected chi connectivity index (χ3v) is 3.88. The molecule has 0 aliphatic carbocycles. The molecule has 0 unspecified atom stereocenters. The van der Waals surface area contributed by atoms with Crippen molar-refractivity contribution in [1.29, 1.82) is 0 Å². The molecule has 0 fully saturated rings. The van der Waals surface area contributed by atoms with Gasteiger partial charge in [0.2, 0.25) is 0 Å². The average Bonchev–Trinajstić information content (AvgIpc) is 2.27. The highest BCUT2D eigenvalue weighted by molar-refractivity contribution is 7.92. The topological polar surface area (TPSA) is 77.5 Å². The number of hydrogen-bond acceptors (Lipinski definition) is 5. The van der Waals surface area contributed by atoms with Crippen molar-refractivity contribution in [2.75, 3.05) is 18.1 Å². The van der Waals surface area contributed by atoms with E-state index in [1.807, 2.05) is 0 Å². The maximum Gasteiger partial charge on any atom is 0.321 e. The number of halogens is 1. The summed E-state index contributed by atoms with van der Waals surface area (Å²) in [6.07, 6.45) is 0. The van der Waals surface area contributed by atoms with E-state index in [1.165, 1.54) is 12.1 Å². The monoisotopic (exact) mass is 304 g/mol. The molecule has 19 heavy (non-hydrogen) atoms. The van der Waals surface area contributed by atoms with E-state index < -0.39 is 33.1 Å². The number of carbonyl (C=O) groups is 2. The molecule has 0 radical (unpaired) electrons. The molecular weight excluding hydrogens is 292 g/mol. The summed E-state index contributed by atoms with van der Waals surface area (Å²) in [6, 6.07) is 6.14. The van der Waals surface area contributed by atoms with Crippen molar-refractivity contribution in [3.8, 4) is 0 Å². The number of esters is 1. The van der Waals surface area contributed by atoms with Gasteiger partial charge in [-0.2, -0.15) is 0 Å². The molecule has 5 nitrogen and oxygen atoms in total. The zero-order chi connectivity index (χ0) is 14.5. The van der Waals surface area contributed by atoms with E-state index in [0.717, 1.165) is 0 Å². The highest BCUT2D eigenvalue weighted by Crippen LogP contribution is 2.16. The summed E-state index contributed by atoms with van der Waals surface area (Å²) in [6.45, 7) is 1.66. The van der Waals surface area contributed by atoms with E-state index in [2.05, 4.69) is 4.74 Å². The van der Waals surface area contributed by atoms with E-state index in [9.17, 15) is 18.0 Å². The molecule has 0 spiro atoms. The van der Waals surface area contributed by atoms with Crippen LogP contribution in [-0.4, -0.2) is 38.3 Å². The van der Waals surface area contributed by atoms with Crippen molar-refractivity contribution in [3.05, 3.63) is 34.9 Å². The van der Waals surface area contributed by atoms with Crippen LogP contribution in [0.1, 0.15) is 17.3 Å². The summed E-state index contributed by atoms with van der Waals surface area (Å²) in [5, 5.41) is 0.179. The Morgan fingerprint density at radius 2 is 1.84 bits per heavy atom. The molecule has 0 saturated carbocycles. The SMILES string of the molecule is CCOC(=O)CS(=O)(=O)CC(=O)c1ccccc1Cl. The smallest absolute Gasteiger partial charge is 0.321 e. The lowest BCUT2D eigenvalue weighted by Crippen LogP contribution is -2.25. The van der Waals surface area contributed by atoms with Crippen LogP contribution >= 0.6 is 11.6 Å². The molecule has 0 aliphatic heterocycles. The normalized spacial score (nSPS) is 11.1. The zero-order valence-electron chi connectivity index (χ0n) is 10.3. The molecule has 1 aromatic carbocycles. The fourth-order valence-corrected chi connectivity index (χ4v) is 2.74. The molecule has 104 valence electrons. The number of ketones is 1. The first-order valence-corrected chi connectivity index (χ1v) is 7.69. The predicted octanol–water partition coefficient (Wildman–Crippen LogP) is 1.50. The molecule has 7 heteroatoms. The Hall–Kier alpha value is -1.40. The van der Waals surface area contributed by atoms with Crippen molar-refractivity contribution in [3.63, 3.8) is 0 Å². The van der Waals surface area contributed by atoms with Crippen LogP contribution in [0.5, 0.6) is 0 Å². The Balaban J connectivity index is 2.77. The Bertz CT molecular complexity index is 580. The van der Waals surface area contributed by atoms with Crippen molar-refractivity contribution in [1.82, 2.24) is 0 Å². The van der Waals surface area contributed by atoms with Crippen LogP contribution < -0.4 is 0 Å². The van der Waals surface area contributed by atoms with Crippen molar-refractivity contribution < 1.29 is 22.7 Å². The molecule has 1 rings (SSSR count). The van der Waals surface area contributed by atoms with Crippen molar-refractivity contribution in [2.24, 2.45) is 0 Å². The minimum absolute atomic E-state index is 0.0901. The van der Waals surface area contributed by atoms with Gasteiger partial charge in [-0.1, -0.05) is 23.7 Å². The molecule has 0 saturated heterocycles. The van der Waals surface area contributed by atoms with Crippen LogP contribution in [0.2, 0.25) is 5.02 Å². The van der Waals surface area contributed by atoms with Gasteiger partial charge in [-0.05, 0) is 19.1 Å². The van der Waals surface area contributed by atoms with Crippen LogP contribution in [0, 0.1) is 0 Å². The van der Waals surface area contributed by atoms with Crippen LogP contribution in [0.4, 0.5) is 0 Å². The lowest BCUT2D eigenvalue weighted by molar-refractivity contribution is -0.139. The Kier molecular flexibility index (Phi) is 5.50. The first-order chi connectivity index (χ1) is 8.85. The molecule has 0 aliphatic rings. The highest BCUT2D eigenvalue weighted by Gasteiger charge is 2.23. The van der Waals surface area contributed by atoms with Gasteiger partial charge < -0.3 is 4.74 Å². The van der Waals surface area contributed by atoms with E-state index in [-0.39, 0.29) is 17.2 Å². The van der Waals surface area contributed by atoms with E-state index in [1.54, 1.807) is 19.1 Å². The van der Waals surface area contributed by atoms with Crippen molar-refractivity contribution >= 4 is 33.2 Å². The van der Waals surface area contributed by atoms with E-state index in [0.29, 0.717) is 0 Å². The summed E-state index contributed by atoms with van der Waals surface area (Å²) < 4.78 is 27.8. The lowest BCUT2D eigenvalue weighted by Gasteiger charge is -2.05. The molecule has 0 amide bonds. The minimum Gasteiger partial charge on any atom is -0.465 e. The zero-order valence-corrected chi connectivity index (χ0v) is 11.8. The van der Waals surface area contributed by atoms with E-state index >= 15 is 0 Å². The Morgan fingerprint density at radius 3 is 2.42 bits per heavy atom. The van der Waals surface area contributed by atoms with Gasteiger partial charge >= 0.3 is 5.97 Å². The summed E-state index contributed by atoms with van der Waals surface area (Å²) in [4.78, 5) is 22.9. The van der Waals surface area contributed by atoms with Gasteiger partial charge in [0.05, 0.1) is 11.6 Å². The summed E-state index contributed by atoms with van der Waals surface area (Å²) in [5.74, 6) is -3.09. The van der Waals surface area contributed by atoms with Gasteiger partial charge in [0, 0.05) is 5.56 Å². The molecule has 0 atom stereocenters. The third kappa shape index (κ3) is 5.00. The third-order valence-electron chi connectivity index (χ3n) is 2.17. The molecule has 1 aromatic rings. The number of rotatable bonds is 6. The number of hydrogen-bond donors (Lipinski definition) is 0. The van der Waals surface area contributed by atoms with Gasteiger partial charge in [-0.25, -0.2) is 8.42 Å². The number of carbonyl (C=O) groups excluding carboxylic acids is 2. The maximum atomic E-state index is 11.8. The van der Waals surface area contributed by atoms with Crippen molar-refractivity contribution in [2.45, 2.75) is 6.92 Å². The summed E-state index contributed by atoms with van der Waals surface area (Å²) in [7, 11) is -3.85. The van der Waals surface area contributed by atoms with Crippen LogP contribution in [-0.2, 0) is 19.4 Å². The summed E-state index contributed by atoms with van der Waals surface area (Å²) >= 11 is 5.80. The van der Waals surface area contributed by atoms with Gasteiger partial charge in [-0.3, -0.25) is 9.59 Å². The fourth-order valence-electron chi connectivity index (χ4n) is 1.40. The molecule has 0 aromatic heterocycles. The van der Waals surface area contributed by atoms with Crippen LogP contribution in [0.15, 0.2) is 24.3 Å². The quantitative estimate of drug-likeness (QED) is 0.588. The maximum absolute atomic E-state index is 11.8. The second-order valence-corrected chi connectivity index (χ2v) is 6.21. The first kappa shape index (κ1) is 15.7.